The van der Waals surface area contributed by atoms with Crippen LogP contribution in [-0.2, 0) is 23.0 Å². The fourth-order valence-corrected chi connectivity index (χ4v) is 7.43. The minimum absolute atomic E-state index is 0.162. The third-order valence-electron chi connectivity index (χ3n) is 7.95. The molecule has 6 rings (SSSR count). The van der Waals surface area contributed by atoms with Gasteiger partial charge >= 0.3 is 0 Å². The monoisotopic (exact) mass is 584 g/mol. The van der Waals surface area contributed by atoms with Crippen molar-refractivity contribution < 1.29 is 17.9 Å². The van der Waals surface area contributed by atoms with Crippen LogP contribution in [0.1, 0.15) is 36.6 Å². The molecule has 42 heavy (non-hydrogen) atoms. The quantitative estimate of drug-likeness (QED) is 0.237. The van der Waals surface area contributed by atoms with Gasteiger partial charge in [-0.25, -0.2) is 22.4 Å². The van der Waals surface area contributed by atoms with Gasteiger partial charge in [0.15, 0.2) is 5.65 Å². The third-order valence-corrected chi connectivity index (χ3v) is 9.69. The van der Waals surface area contributed by atoms with E-state index in [4.69, 9.17) is 4.98 Å². The van der Waals surface area contributed by atoms with Gasteiger partial charge in [0.05, 0.1) is 11.0 Å². The Morgan fingerprint density at radius 1 is 0.976 bits per heavy atom. The number of hydrogen-bond donors (Lipinski definition) is 1. The maximum Gasteiger partial charge on any atom is 0.269 e. The minimum Gasteiger partial charge on any atom is -0.392 e. The van der Waals surface area contributed by atoms with E-state index < -0.39 is 16.0 Å². The molecule has 0 radical (unpaired) electrons. The van der Waals surface area contributed by atoms with Crippen molar-refractivity contribution in [3.05, 3.63) is 102 Å². The molecular formula is C33H33FN4O3S. The minimum atomic E-state index is -4.00. The van der Waals surface area contributed by atoms with Crippen LogP contribution in [0.2, 0.25) is 0 Å². The SMILES string of the molecule is CCc1c(-c2ccnc(F)c2)c2cc(-c3ccc(CN4CCCC(O)C4)cc3)cnc2n1S(=O)(=O)c1ccc(C)cc1. The zero-order chi connectivity index (χ0) is 29.4. The molecule has 216 valence electrons. The van der Waals surface area contributed by atoms with Crippen molar-refractivity contribution in [2.75, 3.05) is 13.1 Å². The first-order chi connectivity index (χ1) is 20.2. The Balaban J connectivity index is 1.47. The van der Waals surface area contributed by atoms with Gasteiger partial charge in [-0.05, 0) is 73.7 Å². The summed E-state index contributed by atoms with van der Waals surface area (Å²) in [6, 6.07) is 19.9. The van der Waals surface area contributed by atoms with Gasteiger partial charge in [0, 0.05) is 53.8 Å². The maximum atomic E-state index is 14.3. The molecular weight excluding hydrogens is 551 g/mol. The van der Waals surface area contributed by atoms with Crippen LogP contribution in [0.25, 0.3) is 33.3 Å². The number of benzene rings is 2. The summed E-state index contributed by atoms with van der Waals surface area (Å²) in [5.74, 6) is -0.641. The number of fused-ring (bicyclic) bond motifs is 1. The molecule has 5 aromatic rings. The van der Waals surface area contributed by atoms with Crippen LogP contribution in [-0.4, -0.2) is 51.6 Å². The highest BCUT2D eigenvalue weighted by Crippen LogP contribution is 2.39. The fraction of sp³-hybridized carbons (Fsp3) is 0.273. The van der Waals surface area contributed by atoms with Gasteiger partial charge < -0.3 is 5.11 Å². The number of rotatable bonds is 7. The van der Waals surface area contributed by atoms with Crippen LogP contribution in [0.5, 0.6) is 0 Å². The Morgan fingerprint density at radius 2 is 1.74 bits per heavy atom. The van der Waals surface area contributed by atoms with Crippen molar-refractivity contribution in [2.24, 2.45) is 0 Å². The molecule has 0 aliphatic carbocycles. The van der Waals surface area contributed by atoms with Gasteiger partial charge in [-0.3, -0.25) is 4.90 Å². The molecule has 4 heterocycles. The molecule has 1 N–H and O–H groups in total. The molecule has 0 amide bonds. The van der Waals surface area contributed by atoms with E-state index in [1.165, 1.54) is 16.2 Å². The van der Waals surface area contributed by atoms with Crippen LogP contribution >= 0.6 is 0 Å². The molecule has 1 atom stereocenters. The number of halogens is 1. The van der Waals surface area contributed by atoms with E-state index in [2.05, 4.69) is 22.0 Å². The highest BCUT2D eigenvalue weighted by molar-refractivity contribution is 7.90. The molecule has 0 bridgehead atoms. The lowest BCUT2D eigenvalue weighted by molar-refractivity contribution is 0.0668. The molecule has 1 aliphatic heterocycles. The molecule has 0 spiro atoms. The van der Waals surface area contributed by atoms with Crippen molar-refractivity contribution >= 4 is 21.1 Å². The Labute approximate surface area is 245 Å². The number of nitrogens with zero attached hydrogens (tertiary/aromatic N) is 4. The van der Waals surface area contributed by atoms with E-state index >= 15 is 0 Å². The Morgan fingerprint density at radius 3 is 2.43 bits per heavy atom. The second-order valence-corrected chi connectivity index (χ2v) is 12.7. The Kier molecular flexibility index (Phi) is 7.66. The summed E-state index contributed by atoms with van der Waals surface area (Å²) in [5.41, 5.74) is 5.86. The summed E-state index contributed by atoms with van der Waals surface area (Å²) < 4.78 is 43.7. The summed E-state index contributed by atoms with van der Waals surface area (Å²) in [5, 5.41) is 10.6. The lowest BCUT2D eigenvalue weighted by atomic mass is 9.99. The smallest absolute Gasteiger partial charge is 0.269 e. The third kappa shape index (κ3) is 5.35. The van der Waals surface area contributed by atoms with Crippen LogP contribution in [0.3, 0.4) is 0 Å². The van der Waals surface area contributed by atoms with Gasteiger partial charge in [-0.2, -0.15) is 4.39 Å². The van der Waals surface area contributed by atoms with Crippen molar-refractivity contribution in [1.82, 2.24) is 18.8 Å². The average molecular weight is 585 g/mol. The summed E-state index contributed by atoms with van der Waals surface area (Å²) in [6.07, 6.45) is 5.04. The first-order valence-corrected chi connectivity index (χ1v) is 15.7. The fourth-order valence-electron chi connectivity index (χ4n) is 5.86. The maximum absolute atomic E-state index is 14.3. The number of aliphatic hydroxyl groups is 1. The highest BCUT2D eigenvalue weighted by atomic mass is 32.2. The van der Waals surface area contributed by atoms with E-state index in [-0.39, 0.29) is 11.0 Å². The van der Waals surface area contributed by atoms with Gasteiger partial charge in [0.1, 0.15) is 0 Å². The van der Waals surface area contributed by atoms with Crippen molar-refractivity contribution in [3.8, 4) is 22.3 Å². The lowest BCUT2D eigenvalue weighted by Gasteiger charge is -2.29. The van der Waals surface area contributed by atoms with Crippen LogP contribution < -0.4 is 0 Å². The standard InChI is InChI=1S/C33H33FN4O3S/c1-3-30-32(25-14-15-35-31(34)18-25)29-17-26(24-10-8-23(9-11-24)20-37-16-4-5-27(39)21-37)19-36-33(29)38(30)42(40,41)28-12-6-22(2)7-13-28/h6-15,17-19,27,39H,3-5,16,20-21H2,1-2H3. The summed E-state index contributed by atoms with van der Waals surface area (Å²) in [6.45, 7) is 6.22. The topological polar surface area (TPSA) is 88.3 Å². The first-order valence-electron chi connectivity index (χ1n) is 14.2. The number of pyridine rings is 2. The van der Waals surface area contributed by atoms with Crippen molar-refractivity contribution in [2.45, 2.75) is 50.7 Å². The van der Waals surface area contributed by atoms with Gasteiger partial charge in [-0.1, -0.05) is 48.9 Å². The van der Waals surface area contributed by atoms with Crippen LogP contribution in [0, 0.1) is 12.9 Å². The number of hydrogen-bond acceptors (Lipinski definition) is 6. The summed E-state index contributed by atoms with van der Waals surface area (Å²) in [7, 11) is -4.00. The Bertz CT molecular complexity index is 1850. The number of aromatic nitrogens is 3. The van der Waals surface area contributed by atoms with Crippen LogP contribution in [0.15, 0.2) is 84.0 Å². The van der Waals surface area contributed by atoms with E-state index in [9.17, 15) is 17.9 Å². The van der Waals surface area contributed by atoms with E-state index in [0.29, 0.717) is 40.8 Å². The van der Waals surface area contributed by atoms with Crippen molar-refractivity contribution in [3.63, 3.8) is 0 Å². The zero-order valence-electron chi connectivity index (χ0n) is 23.7. The molecule has 1 aliphatic rings. The number of aliphatic hydroxyl groups excluding tert-OH is 1. The second-order valence-electron chi connectivity index (χ2n) is 10.9. The second kappa shape index (κ2) is 11.4. The molecule has 9 heteroatoms. The molecule has 0 saturated carbocycles. The molecule has 1 unspecified atom stereocenters. The molecule has 3 aromatic heterocycles. The first kappa shape index (κ1) is 28.2. The number of aryl methyl sites for hydroxylation is 1. The molecule has 1 fully saturated rings. The number of likely N-dealkylation sites (tertiary alicyclic amines) is 1. The number of piperidine rings is 1. The number of β-amino-alcohol motifs (C(OH)–C–C–N with tert-alkyl or cyclic N) is 1. The zero-order valence-corrected chi connectivity index (χ0v) is 24.5. The summed E-state index contributed by atoms with van der Waals surface area (Å²) >= 11 is 0. The molecule has 1 saturated heterocycles. The Hall–Kier alpha value is -3.92. The molecule has 7 nitrogen and oxygen atoms in total. The van der Waals surface area contributed by atoms with Gasteiger partial charge in [-0.15, -0.1) is 0 Å². The molecule has 2 aromatic carbocycles. The average Bonchev–Trinajstić information content (AvgIpc) is 3.32. The normalized spacial score (nSPS) is 16.2. The van der Waals surface area contributed by atoms with Crippen molar-refractivity contribution in [1.29, 1.82) is 0 Å². The highest BCUT2D eigenvalue weighted by Gasteiger charge is 2.28. The van der Waals surface area contributed by atoms with E-state index in [0.717, 1.165) is 48.2 Å². The van der Waals surface area contributed by atoms with E-state index in [1.54, 1.807) is 36.5 Å². The van der Waals surface area contributed by atoms with Gasteiger partial charge in [0.2, 0.25) is 5.95 Å². The largest absolute Gasteiger partial charge is 0.392 e. The van der Waals surface area contributed by atoms with Crippen LogP contribution in [0.4, 0.5) is 4.39 Å². The van der Waals surface area contributed by atoms with Gasteiger partial charge in [0.25, 0.3) is 10.0 Å². The predicted octanol–water partition coefficient (Wildman–Crippen LogP) is 5.97. The predicted molar refractivity (Wildman–Crippen MR) is 162 cm³/mol. The summed E-state index contributed by atoms with van der Waals surface area (Å²) in [4.78, 5) is 10.8. The lowest BCUT2D eigenvalue weighted by Crippen LogP contribution is -2.37. The van der Waals surface area contributed by atoms with E-state index in [1.807, 2.05) is 32.0 Å².